The third kappa shape index (κ3) is 3.85. The highest BCUT2D eigenvalue weighted by Gasteiger charge is 2.38. The van der Waals surface area contributed by atoms with Crippen LogP contribution in [0.5, 0.6) is 0 Å². The summed E-state index contributed by atoms with van der Waals surface area (Å²) in [5, 5.41) is 0. The first kappa shape index (κ1) is 17.2. The summed E-state index contributed by atoms with van der Waals surface area (Å²) >= 11 is 0. The minimum Gasteiger partial charge on any atom is -0.300 e. The molecule has 1 aliphatic rings. The van der Waals surface area contributed by atoms with Crippen LogP contribution in [-0.4, -0.2) is 24.5 Å². The van der Waals surface area contributed by atoms with Gasteiger partial charge in [0.15, 0.2) is 0 Å². The Bertz CT molecular complexity index is 364. The van der Waals surface area contributed by atoms with Gasteiger partial charge in [0.25, 0.3) is 0 Å². The molecule has 0 amide bonds. The van der Waals surface area contributed by atoms with Crippen molar-refractivity contribution in [3.8, 4) is 0 Å². The monoisotopic (exact) mass is 275 g/mol. The van der Waals surface area contributed by atoms with Gasteiger partial charge in [0.2, 0.25) is 0 Å². The van der Waals surface area contributed by atoms with Gasteiger partial charge in [0, 0.05) is 6.54 Å². The van der Waals surface area contributed by atoms with Crippen molar-refractivity contribution in [1.82, 2.24) is 4.90 Å². The molecule has 1 rings (SSSR count). The second-order valence-electron chi connectivity index (χ2n) is 6.70. The van der Waals surface area contributed by atoms with Gasteiger partial charge in [0.05, 0.1) is 0 Å². The van der Waals surface area contributed by atoms with Gasteiger partial charge in [0.1, 0.15) is 0 Å². The topological polar surface area (TPSA) is 3.24 Å². The van der Waals surface area contributed by atoms with E-state index in [1.807, 2.05) is 0 Å². The van der Waals surface area contributed by atoms with Crippen LogP contribution in [0.15, 0.2) is 37.0 Å². The van der Waals surface area contributed by atoms with Crippen LogP contribution in [0.1, 0.15) is 47.0 Å². The van der Waals surface area contributed by atoms with Crippen LogP contribution in [0.2, 0.25) is 0 Å². The molecule has 0 saturated heterocycles. The van der Waals surface area contributed by atoms with Crippen molar-refractivity contribution in [3.63, 3.8) is 0 Å². The first-order chi connectivity index (χ1) is 9.37. The van der Waals surface area contributed by atoms with Crippen LogP contribution < -0.4 is 0 Å². The fourth-order valence-corrected chi connectivity index (χ4v) is 3.57. The molecule has 1 fully saturated rings. The summed E-state index contributed by atoms with van der Waals surface area (Å²) in [6.45, 7) is 24.9. The molecule has 0 bridgehead atoms. The van der Waals surface area contributed by atoms with Crippen molar-refractivity contribution < 1.29 is 0 Å². The number of hydrogen-bond donors (Lipinski definition) is 0. The third-order valence-electron chi connectivity index (χ3n) is 5.31. The maximum atomic E-state index is 4.38. The second-order valence-corrected chi connectivity index (χ2v) is 6.70. The molecule has 0 spiro atoms. The molecular weight excluding hydrogens is 242 g/mol. The number of nitrogens with zero attached hydrogens (tertiary/aromatic N) is 1. The molecule has 1 aliphatic carbocycles. The zero-order valence-corrected chi connectivity index (χ0v) is 14.0. The van der Waals surface area contributed by atoms with Crippen LogP contribution in [0.4, 0.5) is 0 Å². The van der Waals surface area contributed by atoms with Crippen LogP contribution in [0.25, 0.3) is 0 Å². The fraction of sp³-hybridized carbons (Fsp3) is 0.684. The third-order valence-corrected chi connectivity index (χ3v) is 5.31. The molecule has 0 aromatic rings. The molecule has 1 heteroatoms. The van der Waals surface area contributed by atoms with Crippen molar-refractivity contribution in [2.45, 2.75) is 47.0 Å². The molecule has 0 aliphatic heterocycles. The average molecular weight is 275 g/mol. The van der Waals surface area contributed by atoms with E-state index in [1.165, 1.54) is 30.4 Å². The molecule has 1 saturated carbocycles. The van der Waals surface area contributed by atoms with Gasteiger partial charge in [-0.1, -0.05) is 51.2 Å². The first-order valence-electron chi connectivity index (χ1n) is 8.06. The standard InChI is InChI=1S/C19H33N/c1-8-19(7)12-11-17(13-18(19)15(4)5)16(6)14-20(9-2)10-3/h8,17-18H,1,4,6,9-14H2,2-3,5,7H3/t17-,18+,19-/m1/s1. The van der Waals surface area contributed by atoms with Crippen molar-refractivity contribution in [2.24, 2.45) is 17.3 Å². The van der Waals surface area contributed by atoms with Gasteiger partial charge in [-0.15, -0.1) is 6.58 Å². The first-order valence-corrected chi connectivity index (χ1v) is 8.06. The van der Waals surface area contributed by atoms with Crippen LogP contribution in [0.3, 0.4) is 0 Å². The van der Waals surface area contributed by atoms with E-state index >= 15 is 0 Å². The molecule has 0 unspecified atom stereocenters. The molecule has 0 N–H and O–H groups in total. The maximum Gasteiger partial charge on any atom is 0.0192 e. The fourth-order valence-electron chi connectivity index (χ4n) is 3.57. The molecule has 0 radical (unpaired) electrons. The van der Waals surface area contributed by atoms with Crippen molar-refractivity contribution >= 4 is 0 Å². The smallest absolute Gasteiger partial charge is 0.0192 e. The molecule has 3 atom stereocenters. The predicted molar refractivity (Wildman–Crippen MR) is 90.9 cm³/mol. The Hall–Kier alpha value is -0.820. The number of hydrogen-bond acceptors (Lipinski definition) is 1. The average Bonchev–Trinajstić information content (AvgIpc) is 2.44. The lowest BCUT2D eigenvalue weighted by atomic mass is 9.61. The molecule has 1 nitrogen and oxygen atoms in total. The van der Waals surface area contributed by atoms with E-state index < -0.39 is 0 Å². The zero-order valence-electron chi connectivity index (χ0n) is 14.0. The van der Waals surface area contributed by atoms with Gasteiger partial charge in [-0.2, -0.15) is 0 Å². The molecule has 0 aromatic carbocycles. The van der Waals surface area contributed by atoms with Crippen LogP contribution in [-0.2, 0) is 0 Å². The summed E-state index contributed by atoms with van der Waals surface area (Å²) in [4.78, 5) is 2.46. The maximum absolute atomic E-state index is 4.38. The predicted octanol–water partition coefficient (Wildman–Crippen LogP) is 5.07. The Morgan fingerprint density at radius 3 is 2.35 bits per heavy atom. The van der Waals surface area contributed by atoms with Crippen LogP contribution >= 0.6 is 0 Å². The SMILES string of the molecule is C=C[C@]1(C)CC[C@@H](C(=C)CN(CC)CC)C[C@H]1C(=C)C. The van der Waals surface area contributed by atoms with Gasteiger partial charge in [-0.25, -0.2) is 0 Å². The summed E-state index contributed by atoms with van der Waals surface area (Å²) in [5.74, 6) is 1.19. The van der Waals surface area contributed by atoms with E-state index in [9.17, 15) is 0 Å². The van der Waals surface area contributed by atoms with Crippen molar-refractivity contribution in [3.05, 3.63) is 37.0 Å². The molecule has 0 aromatic heterocycles. The van der Waals surface area contributed by atoms with Crippen molar-refractivity contribution in [1.29, 1.82) is 0 Å². The number of rotatable bonds is 7. The van der Waals surface area contributed by atoms with Gasteiger partial charge in [-0.05, 0) is 56.5 Å². The highest BCUT2D eigenvalue weighted by molar-refractivity contribution is 5.16. The molecule has 114 valence electrons. The highest BCUT2D eigenvalue weighted by atomic mass is 15.1. The molecular formula is C19H33N. The lowest BCUT2D eigenvalue weighted by Crippen LogP contribution is -2.36. The summed E-state index contributed by atoms with van der Waals surface area (Å²) < 4.78 is 0. The minimum absolute atomic E-state index is 0.220. The molecule has 20 heavy (non-hydrogen) atoms. The highest BCUT2D eigenvalue weighted by Crippen LogP contribution is 2.48. The number of likely N-dealkylation sites (N-methyl/N-ethyl adjacent to an activating group) is 1. The van der Waals surface area contributed by atoms with E-state index in [0.29, 0.717) is 11.8 Å². The van der Waals surface area contributed by atoms with Crippen LogP contribution in [0, 0.1) is 17.3 Å². The van der Waals surface area contributed by atoms with Crippen molar-refractivity contribution in [2.75, 3.05) is 19.6 Å². The summed E-state index contributed by atoms with van der Waals surface area (Å²) in [6.07, 6.45) is 5.79. The van der Waals surface area contributed by atoms with Gasteiger partial charge >= 0.3 is 0 Å². The normalized spacial score (nSPS) is 30.2. The minimum atomic E-state index is 0.220. The Labute approximate surface area is 126 Å². The molecule has 0 heterocycles. The Kier molecular flexibility index (Phi) is 6.26. The van der Waals surface area contributed by atoms with Gasteiger partial charge < -0.3 is 0 Å². The Morgan fingerprint density at radius 1 is 1.30 bits per heavy atom. The number of allylic oxidation sites excluding steroid dienone is 2. The second kappa shape index (κ2) is 7.26. The van der Waals surface area contributed by atoms with E-state index in [-0.39, 0.29) is 5.41 Å². The lowest BCUT2D eigenvalue weighted by molar-refractivity contribution is 0.164. The Balaban J connectivity index is 2.74. The van der Waals surface area contributed by atoms with Gasteiger partial charge in [-0.3, -0.25) is 4.90 Å². The quantitative estimate of drug-likeness (QED) is 0.586. The summed E-state index contributed by atoms with van der Waals surface area (Å²) in [5.41, 5.74) is 2.93. The zero-order chi connectivity index (χ0) is 15.3. The van der Waals surface area contributed by atoms with E-state index in [1.54, 1.807) is 0 Å². The van der Waals surface area contributed by atoms with E-state index in [4.69, 9.17) is 0 Å². The summed E-state index contributed by atoms with van der Waals surface area (Å²) in [6, 6.07) is 0. The van der Waals surface area contributed by atoms with E-state index in [2.05, 4.69) is 58.4 Å². The van der Waals surface area contributed by atoms with E-state index in [0.717, 1.165) is 19.6 Å². The lowest BCUT2D eigenvalue weighted by Gasteiger charge is -2.44. The largest absolute Gasteiger partial charge is 0.300 e. The Morgan fingerprint density at radius 2 is 1.90 bits per heavy atom. The summed E-state index contributed by atoms with van der Waals surface area (Å²) in [7, 11) is 0.